The van der Waals surface area contributed by atoms with Crippen LogP contribution in [-0.4, -0.2) is 33.8 Å². The van der Waals surface area contributed by atoms with Gasteiger partial charge in [-0.25, -0.2) is 13.1 Å². The first-order chi connectivity index (χ1) is 9.42. The van der Waals surface area contributed by atoms with Gasteiger partial charge in [-0.05, 0) is 36.8 Å². The van der Waals surface area contributed by atoms with E-state index in [0.29, 0.717) is 24.4 Å². The lowest BCUT2D eigenvalue weighted by Crippen LogP contribution is -2.30. The summed E-state index contributed by atoms with van der Waals surface area (Å²) >= 11 is 0. The minimum atomic E-state index is -3.59. The van der Waals surface area contributed by atoms with E-state index in [9.17, 15) is 8.42 Å². The Morgan fingerprint density at radius 3 is 2.70 bits per heavy atom. The molecule has 6 nitrogen and oxygen atoms in total. The molecule has 0 aliphatic heterocycles. The van der Waals surface area contributed by atoms with E-state index in [1.807, 2.05) is 0 Å². The number of methoxy groups -OCH3 is 1. The second-order valence-electron chi connectivity index (χ2n) is 5.20. The van der Waals surface area contributed by atoms with Crippen LogP contribution >= 0.6 is 0 Å². The first kappa shape index (κ1) is 15.1. The summed E-state index contributed by atoms with van der Waals surface area (Å²) in [6.45, 7) is 0.431. The third-order valence-corrected chi connectivity index (χ3v) is 5.15. The molecule has 1 aliphatic carbocycles. The van der Waals surface area contributed by atoms with E-state index >= 15 is 0 Å². The Balaban J connectivity index is 2.10. The highest BCUT2D eigenvalue weighted by atomic mass is 32.2. The Morgan fingerprint density at radius 2 is 2.15 bits per heavy atom. The zero-order chi connectivity index (χ0) is 14.8. The molecule has 1 fully saturated rings. The van der Waals surface area contributed by atoms with Crippen LogP contribution in [-0.2, 0) is 10.0 Å². The van der Waals surface area contributed by atoms with Crippen LogP contribution < -0.4 is 15.2 Å². The van der Waals surface area contributed by atoms with Crippen LogP contribution in [0.25, 0.3) is 0 Å². The van der Waals surface area contributed by atoms with Crippen molar-refractivity contribution in [3.8, 4) is 5.75 Å². The second-order valence-corrected chi connectivity index (χ2v) is 6.97. The van der Waals surface area contributed by atoms with Crippen LogP contribution in [0, 0.1) is 5.41 Å². The van der Waals surface area contributed by atoms with Crippen LogP contribution in [0.3, 0.4) is 0 Å². The molecule has 1 aromatic carbocycles. The van der Waals surface area contributed by atoms with Gasteiger partial charge in [-0.1, -0.05) is 0 Å². The highest BCUT2D eigenvalue weighted by molar-refractivity contribution is 7.89. The number of nitrogens with two attached hydrogens (primary N) is 1. The minimum absolute atomic E-state index is 0.0697. The number of hydrogen-bond donors (Lipinski definition) is 3. The lowest BCUT2D eigenvalue weighted by molar-refractivity contribution is 0.249. The fraction of sp³-hybridized carbons (Fsp3) is 0.538. The molecule has 0 saturated heterocycles. The fourth-order valence-electron chi connectivity index (χ4n) is 2.12. The van der Waals surface area contributed by atoms with Crippen molar-refractivity contribution < 1.29 is 18.3 Å². The van der Waals surface area contributed by atoms with Crippen LogP contribution in [0.2, 0.25) is 0 Å². The topological polar surface area (TPSA) is 102 Å². The third-order valence-electron chi connectivity index (χ3n) is 3.75. The first-order valence-electron chi connectivity index (χ1n) is 6.46. The molecule has 0 radical (unpaired) electrons. The molecule has 0 atom stereocenters. The number of nitrogen functional groups attached to an aromatic ring is 1. The average molecular weight is 300 g/mol. The van der Waals surface area contributed by atoms with Crippen molar-refractivity contribution >= 4 is 15.7 Å². The van der Waals surface area contributed by atoms with E-state index in [-0.39, 0.29) is 16.9 Å². The SMILES string of the molecule is COc1cc(S(=O)(=O)NCC2(CCO)CC2)ccc1N. The van der Waals surface area contributed by atoms with Crippen LogP contribution in [0.1, 0.15) is 19.3 Å². The van der Waals surface area contributed by atoms with Crippen molar-refractivity contribution in [1.29, 1.82) is 0 Å². The van der Waals surface area contributed by atoms with Gasteiger partial charge in [0.05, 0.1) is 17.7 Å². The van der Waals surface area contributed by atoms with Crippen molar-refractivity contribution in [2.45, 2.75) is 24.2 Å². The molecule has 0 unspecified atom stereocenters. The van der Waals surface area contributed by atoms with E-state index < -0.39 is 10.0 Å². The molecule has 2 rings (SSSR count). The Bertz CT molecular complexity index is 582. The predicted octanol–water partition coefficient (Wildman–Crippen LogP) is 0.718. The smallest absolute Gasteiger partial charge is 0.240 e. The highest BCUT2D eigenvalue weighted by Crippen LogP contribution is 2.48. The lowest BCUT2D eigenvalue weighted by Gasteiger charge is -2.15. The fourth-order valence-corrected chi connectivity index (χ4v) is 3.29. The lowest BCUT2D eigenvalue weighted by atomic mass is 10.0. The molecule has 0 heterocycles. The summed E-state index contributed by atoms with van der Waals surface area (Å²) in [6.07, 6.45) is 2.52. The Labute approximate surface area is 119 Å². The number of aliphatic hydroxyl groups is 1. The van der Waals surface area contributed by atoms with E-state index in [1.54, 1.807) is 0 Å². The normalized spacial score (nSPS) is 16.9. The van der Waals surface area contributed by atoms with Gasteiger partial charge < -0.3 is 15.6 Å². The van der Waals surface area contributed by atoms with Crippen molar-refractivity contribution in [3.05, 3.63) is 18.2 Å². The van der Waals surface area contributed by atoms with Gasteiger partial charge in [0.2, 0.25) is 10.0 Å². The summed E-state index contributed by atoms with van der Waals surface area (Å²) in [4.78, 5) is 0.128. The summed E-state index contributed by atoms with van der Waals surface area (Å²) < 4.78 is 32.1. The number of benzene rings is 1. The molecule has 0 spiro atoms. The molecule has 0 aromatic heterocycles. The molecule has 0 amide bonds. The first-order valence-corrected chi connectivity index (χ1v) is 7.95. The van der Waals surface area contributed by atoms with Crippen molar-refractivity contribution in [3.63, 3.8) is 0 Å². The molecule has 0 bridgehead atoms. The molecule has 7 heteroatoms. The standard InChI is InChI=1S/C13H20N2O4S/c1-19-12-8-10(2-3-11(12)14)20(17,18)15-9-13(4-5-13)6-7-16/h2-3,8,15-16H,4-7,9,14H2,1H3. The Hall–Kier alpha value is -1.31. The maximum atomic E-state index is 12.2. The molecule has 1 aliphatic rings. The van der Waals surface area contributed by atoms with Gasteiger partial charge in [0.1, 0.15) is 5.75 Å². The summed E-state index contributed by atoms with van der Waals surface area (Å²) in [5, 5.41) is 8.98. The van der Waals surface area contributed by atoms with E-state index in [0.717, 1.165) is 12.8 Å². The van der Waals surface area contributed by atoms with Gasteiger partial charge in [0, 0.05) is 19.2 Å². The number of nitrogens with one attached hydrogen (secondary N) is 1. The predicted molar refractivity (Wildman–Crippen MR) is 76.0 cm³/mol. The molecule has 4 N–H and O–H groups in total. The Kier molecular flexibility index (Phi) is 4.22. The number of hydrogen-bond acceptors (Lipinski definition) is 5. The summed E-state index contributed by atoms with van der Waals surface area (Å²) in [7, 11) is -2.15. The summed E-state index contributed by atoms with van der Waals surface area (Å²) in [6, 6.07) is 4.36. The van der Waals surface area contributed by atoms with Crippen molar-refractivity contribution in [1.82, 2.24) is 4.72 Å². The third kappa shape index (κ3) is 3.23. The van der Waals surface area contributed by atoms with Gasteiger partial charge in [-0.3, -0.25) is 0 Å². The van der Waals surface area contributed by atoms with Crippen LogP contribution in [0.5, 0.6) is 5.75 Å². The highest BCUT2D eigenvalue weighted by Gasteiger charge is 2.42. The maximum absolute atomic E-state index is 12.2. The zero-order valence-corrected chi connectivity index (χ0v) is 12.2. The summed E-state index contributed by atoms with van der Waals surface area (Å²) in [5.74, 6) is 0.337. The molecular formula is C13H20N2O4S. The quantitative estimate of drug-likeness (QED) is 0.644. The van der Waals surface area contributed by atoms with Crippen LogP contribution in [0.15, 0.2) is 23.1 Å². The average Bonchev–Trinajstić information content (AvgIpc) is 3.18. The zero-order valence-electron chi connectivity index (χ0n) is 11.4. The molecular weight excluding hydrogens is 280 g/mol. The van der Waals surface area contributed by atoms with Crippen molar-refractivity contribution in [2.75, 3.05) is 26.0 Å². The van der Waals surface area contributed by atoms with Gasteiger partial charge in [0.25, 0.3) is 0 Å². The largest absolute Gasteiger partial charge is 0.495 e. The maximum Gasteiger partial charge on any atom is 0.240 e. The van der Waals surface area contributed by atoms with Gasteiger partial charge in [-0.15, -0.1) is 0 Å². The van der Waals surface area contributed by atoms with E-state index in [2.05, 4.69) is 4.72 Å². The molecule has 20 heavy (non-hydrogen) atoms. The van der Waals surface area contributed by atoms with E-state index in [4.69, 9.17) is 15.6 Å². The van der Waals surface area contributed by atoms with Crippen molar-refractivity contribution in [2.24, 2.45) is 5.41 Å². The van der Waals surface area contributed by atoms with Crippen LogP contribution in [0.4, 0.5) is 5.69 Å². The summed E-state index contributed by atoms with van der Waals surface area (Å²) in [5.41, 5.74) is 5.99. The monoisotopic (exact) mass is 300 g/mol. The van der Waals surface area contributed by atoms with Gasteiger partial charge >= 0.3 is 0 Å². The van der Waals surface area contributed by atoms with Gasteiger partial charge in [0.15, 0.2) is 0 Å². The molecule has 1 aromatic rings. The molecule has 112 valence electrons. The number of anilines is 1. The second kappa shape index (κ2) is 5.59. The number of ether oxygens (including phenoxy) is 1. The van der Waals surface area contributed by atoms with E-state index in [1.165, 1.54) is 25.3 Å². The molecule has 1 saturated carbocycles. The number of sulfonamides is 1. The van der Waals surface area contributed by atoms with Gasteiger partial charge in [-0.2, -0.15) is 0 Å². The number of aliphatic hydroxyl groups excluding tert-OH is 1. The minimum Gasteiger partial charge on any atom is -0.495 e. The Morgan fingerprint density at radius 1 is 1.45 bits per heavy atom. The number of rotatable bonds is 7.